The average molecular weight is 318 g/mol. The highest BCUT2D eigenvalue weighted by molar-refractivity contribution is 7.89. The van der Waals surface area contributed by atoms with Crippen LogP contribution < -0.4 is 16.0 Å². The van der Waals surface area contributed by atoms with Gasteiger partial charge in [-0.3, -0.25) is 16.0 Å². The van der Waals surface area contributed by atoms with E-state index in [0.717, 1.165) is 18.2 Å². The van der Waals surface area contributed by atoms with Crippen molar-refractivity contribution in [3.63, 3.8) is 0 Å². The number of rotatable bonds is 8. The lowest BCUT2D eigenvalue weighted by Gasteiger charge is -2.10. The highest BCUT2D eigenvalue weighted by Gasteiger charge is 2.19. The topological polar surface area (TPSA) is 137 Å². The number of nitrogen functional groups attached to an aromatic ring is 1. The van der Waals surface area contributed by atoms with Gasteiger partial charge in [-0.2, -0.15) is 0 Å². The number of ether oxygens (including phenoxy) is 1. The van der Waals surface area contributed by atoms with E-state index >= 15 is 0 Å². The van der Waals surface area contributed by atoms with Gasteiger partial charge in [-0.25, -0.2) is 13.1 Å². The van der Waals surface area contributed by atoms with Crippen LogP contribution in [0.5, 0.6) is 0 Å². The lowest BCUT2D eigenvalue weighted by molar-refractivity contribution is -0.384. The van der Waals surface area contributed by atoms with Gasteiger partial charge in [-0.1, -0.05) is 0 Å². The van der Waals surface area contributed by atoms with Crippen LogP contribution in [0.2, 0.25) is 0 Å². The van der Waals surface area contributed by atoms with Gasteiger partial charge in [0, 0.05) is 12.6 Å². The molecule has 0 heterocycles. The standard InChI is InChI=1S/C11H18N4O5S/c1-8(2)20-6-5-13-21(18,19)9-3-4-11(15(16)17)10(7-9)14-12/h3-4,7-8,13-14H,5-6,12H2,1-2H3. The fraction of sp³-hybridized carbons (Fsp3) is 0.455. The lowest BCUT2D eigenvalue weighted by atomic mass is 10.3. The third-order valence-corrected chi connectivity index (χ3v) is 3.93. The largest absolute Gasteiger partial charge is 0.377 e. The van der Waals surface area contributed by atoms with Gasteiger partial charge in [-0.15, -0.1) is 0 Å². The summed E-state index contributed by atoms with van der Waals surface area (Å²) in [7, 11) is -3.78. The van der Waals surface area contributed by atoms with Crippen LogP contribution in [0.1, 0.15) is 13.8 Å². The maximum atomic E-state index is 12.0. The molecule has 0 aromatic heterocycles. The molecule has 0 bridgehead atoms. The van der Waals surface area contributed by atoms with E-state index in [1.54, 1.807) is 0 Å². The molecule has 0 radical (unpaired) electrons. The Morgan fingerprint density at radius 1 is 1.43 bits per heavy atom. The molecule has 1 rings (SSSR count). The summed E-state index contributed by atoms with van der Waals surface area (Å²) in [5.41, 5.74) is 1.72. The molecular weight excluding hydrogens is 300 g/mol. The highest BCUT2D eigenvalue weighted by Crippen LogP contribution is 2.26. The molecule has 0 saturated heterocycles. The smallest absolute Gasteiger partial charge is 0.293 e. The highest BCUT2D eigenvalue weighted by atomic mass is 32.2. The number of nitrogens with one attached hydrogen (secondary N) is 2. The van der Waals surface area contributed by atoms with Gasteiger partial charge >= 0.3 is 0 Å². The Hall–Kier alpha value is -1.75. The Balaban J connectivity index is 2.86. The molecule has 0 aliphatic rings. The number of hydrogen-bond donors (Lipinski definition) is 3. The Kier molecular flexibility index (Phi) is 6.03. The van der Waals surface area contributed by atoms with Crippen molar-refractivity contribution in [1.82, 2.24) is 4.72 Å². The van der Waals surface area contributed by atoms with Crippen molar-refractivity contribution in [2.24, 2.45) is 5.84 Å². The summed E-state index contributed by atoms with van der Waals surface area (Å²) in [6.07, 6.45) is 0.00178. The molecule has 0 atom stereocenters. The number of hydrazine groups is 1. The van der Waals surface area contributed by atoms with Gasteiger partial charge < -0.3 is 10.2 Å². The Bertz CT molecular complexity index is 603. The summed E-state index contributed by atoms with van der Waals surface area (Å²) in [5.74, 6) is 5.17. The van der Waals surface area contributed by atoms with Gasteiger partial charge in [0.1, 0.15) is 5.69 Å². The molecule has 0 unspecified atom stereocenters. The van der Waals surface area contributed by atoms with Gasteiger partial charge in [0.2, 0.25) is 10.0 Å². The number of nitro groups is 1. The van der Waals surface area contributed by atoms with Crippen LogP contribution in [0.15, 0.2) is 23.1 Å². The minimum Gasteiger partial charge on any atom is -0.377 e. The summed E-state index contributed by atoms with van der Waals surface area (Å²) < 4.78 is 31.6. The van der Waals surface area contributed by atoms with Crippen molar-refractivity contribution in [2.75, 3.05) is 18.6 Å². The van der Waals surface area contributed by atoms with Crippen molar-refractivity contribution in [1.29, 1.82) is 0 Å². The average Bonchev–Trinajstić information content (AvgIpc) is 2.42. The van der Waals surface area contributed by atoms with Crippen molar-refractivity contribution in [2.45, 2.75) is 24.8 Å². The first-order valence-corrected chi connectivity index (χ1v) is 7.62. The summed E-state index contributed by atoms with van der Waals surface area (Å²) in [4.78, 5) is 9.97. The quantitative estimate of drug-likeness (QED) is 0.276. The predicted molar refractivity (Wildman–Crippen MR) is 77.2 cm³/mol. The Morgan fingerprint density at radius 3 is 2.62 bits per heavy atom. The molecule has 4 N–H and O–H groups in total. The molecular formula is C11H18N4O5S. The van der Waals surface area contributed by atoms with Gasteiger partial charge in [0.05, 0.1) is 22.5 Å². The second kappa shape index (κ2) is 7.31. The fourth-order valence-corrected chi connectivity index (χ4v) is 2.55. The minimum absolute atomic E-state index is 0.00178. The van der Waals surface area contributed by atoms with Crippen LogP contribution in [-0.4, -0.2) is 32.6 Å². The molecule has 1 aromatic carbocycles. The van der Waals surface area contributed by atoms with Crippen molar-refractivity contribution in [3.05, 3.63) is 28.3 Å². The normalized spacial score (nSPS) is 11.6. The number of anilines is 1. The summed E-state index contributed by atoms with van der Waals surface area (Å²) >= 11 is 0. The van der Waals surface area contributed by atoms with Crippen LogP contribution >= 0.6 is 0 Å². The molecule has 0 fully saturated rings. The van der Waals surface area contributed by atoms with E-state index in [0.29, 0.717) is 0 Å². The van der Waals surface area contributed by atoms with E-state index in [1.165, 1.54) is 0 Å². The second-order valence-electron chi connectivity index (χ2n) is 4.40. The summed E-state index contributed by atoms with van der Waals surface area (Å²) in [5, 5.41) is 10.7. The van der Waals surface area contributed by atoms with Crippen LogP contribution in [0.3, 0.4) is 0 Å². The molecule has 118 valence electrons. The SMILES string of the molecule is CC(C)OCCNS(=O)(=O)c1ccc([N+](=O)[O-])c(NN)c1. The molecule has 21 heavy (non-hydrogen) atoms. The number of nitrogens with zero attached hydrogens (tertiary/aromatic N) is 1. The number of hydrogen-bond acceptors (Lipinski definition) is 7. The van der Waals surface area contributed by atoms with Crippen molar-refractivity contribution < 1.29 is 18.1 Å². The van der Waals surface area contributed by atoms with E-state index in [2.05, 4.69) is 10.1 Å². The lowest BCUT2D eigenvalue weighted by Crippen LogP contribution is -2.28. The Labute approximate surface area is 122 Å². The summed E-state index contributed by atoms with van der Waals surface area (Å²) in [6, 6.07) is 3.32. The predicted octanol–water partition coefficient (Wildman–Crippen LogP) is 0.584. The Morgan fingerprint density at radius 2 is 2.10 bits per heavy atom. The molecule has 9 nitrogen and oxygen atoms in total. The number of nitro benzene ring substituents is 1. The molecule has 1 aromatic rings. The van der Waals surface area contributed by atoms with Crippen molar-refractivity contribution in [3.8, 4) is 0 Å². The molecule has 0 amide bonds. The third-order valence-electron chi connectivity index (χ3n) is 2.48. The van der Waals surface area contributed by atoms with E-state index in [-0.39, 0.29) is 35.5 Å². The first kappa shape index (κ1) is 17.3. The first-order chi connectivity index (χ1) is 9.77. The number of sulfonamides is 1. The van der Waals surface area contributed by atoms with Crippen LogP contribution in [0.4, 0.5) is 11.4 Å². The summed E-state index contributed by atoms with van der Waals surface area (Å²) in [6.45, 7) is 4.00. The third kappa shape index (κ3) is 4.93. The zero-order valence-electron chi connectivity index (χ0n) is 11.7. The fourth-order valence-electron chi connectivity index (χ4n) is 1.51. The second-order valence-corrected chi connectivity index (χ2v) is 6.16. The first-order valence-electron chi connectivity index (χ1n) is 6.14. The van der Waals surface area contributed by atoms with Gasteiger partial charge in [-0.05, 0) is 26.0 Å². The van der Waals surface area contributed by atoms with E-state index < -0.39 is 14.9 Å². The van der Waals surface area contributed by atoms with E-state index in [4.69, 9.17) is 10.6 Å². The van der Waals surface area contributed by atoms with Crippen LogP contribution in [-0.2, 0) is 14.8 Å². The minimum atomic E-state index is -3.78. The van der Waals surface area contributed by atoms with Crippen LogP contribution in [0.25, 0.3) is 0 Å². The van der Waals surface area contributed by atoms with Gasteiger partial charge in [0.25, 0.3) is 5.69 Å². The zero-order valence-corrected chi connectivity index (χ0v) is 12.5. The molecule has 0 aliphatic carbocycles. The van der Waals surface area contributed by atoms with Gasteiger partial charge in [0.15, 0.2) is 0 Å². The maximum absolute atomic E-state index is 12.0. The molecule has 0 saturated carbocycles. The number of nitrogens with two attached hydrogens (primary N) is 1. The van der Waals surface area contributed by atoms with Crippen LogP contribution in [0, 0.1) is 10.1 Å². The van der Waals surface area contributed by atoms with E-state index in [9.17, 15) is 18.5 Å². The maximum Gasteiger partial charge on any atom is 0.293 e. The zero-order chi connectivity index (χ0) is 16.0. The molecule has 10 heteroatoms. The monoisotopic (exact) mass is 318 g/mol. The molecule has 0 spiro atoms. The number of benzene rings is 1. The van der Waals surface area contributed by atoms with Crippen molar-refractivity contribution >= 4 is 21.4 Å². The van der Waals surface area contributed by atoms with E-state index in [1.807, 2.05) is 13.8 Å². The molecule has 0 aliphatic heterocycles.